The van der Waals surface area contributed by atoms with E-state index >= 15 is 0 Å². The molecule has 1 saturated carbocycles. The third kappa shape index (κ3) is 3.64. The van der Waals surface area contributed by atoms with Crippen molar-refractivity contribution in [2.45, 2.75) is 30.8 Å². The number of benzene rings is 1. The fourth-order valence-corrected chi connectivity index (χ4v) is 5.57. The molecule has 8 nitrogen and oxygen atoms in total. The molecule has 0 saturated heterocycles. The van der Waals surface area contributed by atoms with Crippen molar-refractivity contribution in [3.63, 3.8) is 0 Å². The van der Waals surface area contributed by atoms with Crippen LogP contribution in [-0.2, 0) is 23.1 Å². The molecular formula is C22H23N5O3S. The van der Waals surface area contributed by atoms with Gasteiger partial charge >= 0.3 is 0 Å². The molecule has 0 radical (unpaired) electrons. The Labute approximate surface area is 181 Å². The highest BCUT2D eigenvalue weighted by molar-refractivity contribution is 7.89. The predicted molar refractivity (Wildman–Crippen MR) is 114 cm³/mol. The number of sulfonamides is 1. The largest absolute Gasteiger partial charge is 0.334 e. The lowest BCUT2D eigenvalue weighted by atomic mass is 10.2. The summed E-state index contributed by atoms with van der Waals surface area (Å²) in [5.74, 6) is 0.116. The topological polar surface area (TPSA) is 88.4 Å². The van der Waals surface area contributed by atoms with Gasteiger partial charge in [0.25, 0.3) is 5.91 Å². The molecule has 3 heterocycles. The summed E-state index contributed by atoms with van der Waals surface area (Å²) in [6.07, 6.45) is 5.30. The number of carbonyl (C=O) groups is 1. The van der Waals surface area contributed by atoms with Gasteiger partial charge in [-0.25, -0.2) is 13.4 Å². The van der Waals surface area contributed by atoms with E-state index in [0.717, 1.165) is 18.5 Å². The Bertz CT molecular complexity index is 1240. The van der Waals surface area contributed by atoms with Crippen LogP contribution in [0.15, 0.2) is 59.9 Å². The standard InChI is InChI=1S/C22H23N5O3S/c1-25(13-17-6-4-5-11-23-17)22(28)21-19-14-26(12-16-9-10-16)31(29,30)20-8-3-2-7-18(20)27(19)15-24-21/h2-8,11,15-16H,9-10,12-14H2,1H3. The molecule has 5 rings (SSSR count). The van der Waals surface area contributed by atoms with Gasteiger partial charge < -0.3 is 4.90 Å². The number of pyridine rings is 1. The second-order valence-corrected chi connectivity index (χ2v) is 10.0. The number of aromatic nitrogens is 3. The van der Waals surface area contributed by atoms with Gasteiger partial charge in [-0.3, -0.25) is 14.3 Å². The molecule has 2 aromatic heterocycles. The molecule has 9 heteroatoms. The molecule has 0 bridgehead atoms. The Balaban J connectivity index is 1.55. The van der Waals surface area contributed by atoms with Gasteiger partial charge in [-0.15, -0.1) is 0 Å². The number of para-hydroxylation sites is 1. The van der Waals surface area contributed by atoms with Crippen LogP contribution in [0.5, 0.6) is 0 Å². The summed E-state index contributed by atoms with van der Waals surface area (Å²) < 4.78 is 30.0. The highest BCUT2D eigenvalue weighted by Crippen LogP contribution is 2.36. The number of imidazole rings is 1. The van der Waals surface area contributed by atoms with Gasteiger partial charge in [0, 0.05) is 19.8 Å². The normalized spacial score (nSPS) is 17.5. The van der Waals surface area contributed by atoms with E-state index in [1.54, 1.807) is 53.3 Å². The van der Waals surface area contributed by atoms with E-state index in [1.165, 1.54) is 4.31 Å². The van der Waals surface area contributed by atoms with E-state index in [1.807, 2.05) is 18.2 Å². The molecule has 2 aliphatic rings. The number of nitrogens with zero attached hydrogens (tertiary/aromatic N) is 5. The van der Waals surface area contributed by atoms with Gasteiger partial charge in [-0.05, 0) is 43.0 Å². The number of rotatable bonds is 5. The van der Waals surface area contributed by atoms with Crippen molar-refractivity contribution in [3.05, 3.63) is 72.1 Å². The van der Waals surface area contributed by atoms with Crippen LogP contribution >= 0.6 is 0 Å². The number of hydrogen-bond donors (Lipinski definition) is 0. The Kier molecular flexibility index (Phi) is 4.86. The molecule has 1 amide bonds. The number of fused-ring (bicyclic) bond motifs is 3. The zero-order valence-corrected chi connectivity index (χ0v) is 18.0. The molecule has 31 heavy (non-hydrogen) atoms. The van der Waals surface area contributed by atoms with Crippen LogP contribution in [0, 0.1) is 5.92 Å². The Hall–Kier alpha value is -3.04. The van der Waals surface area contributed by atoms with Crippen LogP contribution in [-0.4, -0.2) is 51.7 Å². The van der Waals surface area contributed by atoms with Crippen LogP contribution < -0.4 is 0 Å². The lowest BCUT2D eigenvalue weighted by Crippen LogP contribution is -2.33. The summed E-state index contributed by atoms with van der Waals surface area (Å²) in [6, 6.07) is 12.5. The van der Waals surface area contributed by atoms with Crippen LogP contribution in [0.1, 0.15) is 34.7 Å². The molecular weight excluding hydrogens is 414 g/mol. The minimum Gasteiger partial charge on any atom is -0.334 e. The molecule has 0 spiro atoms. The summed E-state index contributed by atoms with van der Waals surface area (Å²) in [5.41, 5.74) is 2.15. The van der Waals surface area contributed by atoms with Crippen molar-refractivity contribution in [3.8, 4) is 5.69 Å². The molecule has 0 N–H and O–H groups in total. The summed E-state index contributed by atoms with van der Waals surface area (Å²) in [7, 11) is -1.97. The molecule has 3 aromatic rings. The molecule has 1 fully saturated rings. The fourth-order valence-electron chi connectivity index (χ4n) is 3.91. The second kappa shape index (κ2) is 7.58. The summed E-state index contributed by atoms with van der Waals surface area (Å²) >= 11 is 0. The van der Waals surface area contributed by atoms with Crippen molar-refractivity contribution < 1.29 is 13.2 Å². The second-order valence-electron chi connectivity index (χ2n) is 8.10. The minimum absolute atomic E-state index is 0.117. The molecule has 0 unspecified atom stereocenters. The molecule has 1 aliphatic carbocycles. The highest BCUT2D eigenvalue weighted by atomic mass is 32.2. The van der Waals surface area contributed by atoms with Crippen LogP contribution in [0.2, 0.25) is 0 Å². The van der Waals surface area contributed by atoms with Gasteiger partial charge in [-0.1, -0.05) is 18.2 Å². The van der Waals surface area contributed by atoms with Gasteiger partial charge in [0.2, 0.25) is 10.0 Å². The monoisotopic (exact) mass is 437 g/mol. The quantitative estimate of drug-likeness (QED) is 0.612. The zero-order chi connectivity index (χ0) is 21.6. The molecule has 160 valence electrons. The summed E-state index contributed by atoms with van der Waals surface area (Å²) in [6.45, 7) is 0.915. The van der Waals surface area contributed by atoms with E-state index < -0.39 is 10.0 Å². The third-order valence-corrected chi connectivity index (χ3v) is 7.63. The minimum atomic E-state index is -3.67. The van der Waals surface area contributed by atoms with Crippen molar-refractivity contribution in [1.29, 1.82) is 0 Å². The van der Waals surface area contributed by atoms with E-state index in [0.29, 0.717) is 30.4 Å². The Morgan fingerprint density at radius 2 is 1.90 bits per heavy atom. The third-order valence-electron chi connectivity index (χ3n) is 5.77. The average Bonchev–Trinajstić information content (AvgIpc) is 3.51. The van der Waals surface area contributed by atoms with Crippen molar-refractivity contribution >= 4 is 15.9 Å². The Morgan fingerprint density at radius 3 is 2.65 bits per heavy atom. The maximum absolute atomic E-state index is 13.4. The van der Waals surface area contributed by atoms with Gasteiger partial charge in [0.15, 0.2) is 5.69 Å². The van der Waals surface area contributed by atoms with Crippen LogP contribution in [0.3, 0.4) is 0 Å². The maximum atomic E-state index is 13.4. The zero-order valence-electron chi connectivity index (χ0n) is 17.2. The lowest BCUT2D eigenvalue weighted by Gasteiger charge is -2.21. The van der Waals surface area contributed by atoms with Gasteiger partial charge in [-0.2, -0.15) is 4.31 Å². The summed E-state index contributed by atoms with van der Waals surface area (Å²) in [5, 5.41) is 0. The van der Waals surface area contributed by atoms with Crippen LogP contribution in [0.25, 0.3) is 5.69 Å². The predicted octanol–water partition coefficient (Wildman–Crippen LogP) is 2.45. The van der Waals surface area contributed by atoms with Crippen molar-refractivity contribution in [2.24, 2.45) is 5.92 Å². The van der Waals surface area contributed by atoms with Gasteiger partial charge in [0.05, 0.1) is 30.2 Å². The number of carbonyl (C=O) groups excluding carboxylic acids is 1. The van der Waals surface area contributed by atoms with Crippen molar-refractivity contribution in [2.75, 3.05) is 13.6 Å². The van der Waals surface area contributed by atoms with Crippen molar-refractivity contribution in [1.82, 2.24) is 23.7 Å². The summed E-state index contributed by atoms with van der Waals surface area (Å²) in [4.78, 5) is 23.8. The van der Waals surface area contributed by atoms with E-state index in [9.17, 15) is 13.2 Å². The Morgan fingerprint density at radius 1 is 1.13 bits per heavy atom. The van der Waals surface area contributed by atoms with Gasteiger partial charge in [0.1, 0.15) is 11.2 Å². The highest BCUT2D eigenvalue weighted by Gasteiger charge is 2.38. The first-order valence-corrected chi connectivity index (χ1v) is 11.7. The average molecular weight is 438 g/mol. The lowest BCUT2D eigenvalue weighted by molar-refractivity contribution is 0.0776. The first-order chi connectivity index (χ1) is 14.9. The van der Waals surface area contributed by atoms with E-state index in [2.05, 4.69) is 9.97 Å². The van der Waals surface area contributed by atoms with Crippen LogP contribution in [0.4, 0.5) is 0 Å². The molecule has 1 aliphatic heterocycles. The smallest absolute Gasteiger partial charge is 0.274 e. The number of amides is 1. The SMILES string of the molecule is CN(Cc1ccccn1)C(=O)c1ncn2c1CN(CC1CC1)S(=O)(=O)c1ccccc1-2. The maximum Gasteiger partial charge on any atom is 0.274 e. The first kappa shape index (κ1) is 19.9. The number of hydrogen-bond acceptors (Lipinski definition) is 5. The van der Waals surface area contributed by atoms with E-state index in [-0.39, 0.29) is 23.0 Å². The first-order valence-electron chi connectivity index (χ1n) is 10.3. The molecule has 0 atom stereocenters. The molecule has 1 aromatic carbocycles. The van der Waals surface area contributed by atoms with E-state index in [4.69, 9.17) is 0 Å². The fraction of sp³-hybridized carbons (Fsp3) is 0.318.